The molecule has 0 aliphatic heterocycles. The van der Waals surface area contributed by atoms with Gasteiger partial charge >= 0.3 is 0 Å². The largest absolute Gasteiger partial charge is 0.354 e. The number of aryl methyl sites for hydroxylation is 1. The van der Waals surface area contributed by atoms with Gasteiger partial charge in [0, 0.05) is 25.9 Å². The van der Waals surface area contributed by atoms with Crippen molar-refractivity contribution in [2.45, 2.75) is 13.5 Å². The third kappa shape index (κ3) is 4.26. The van der Waals surface area contributed by atoms with Gasteiger partial charge in [0.15, 0.2) is 5.69 Å². The molecule has 0 fully saturated rings. The lowest BCUT2D eigenvalue weighted by Crippen LogP contribution is -2.21. The van der Waals surface area contributed by atoms with Crippen LogP contribution in [0.5, 0.6) is 0 Å². The summed E-state index contributed by atoms with van der Waals surface area (Å²) >= 11 is 0. The summed E-state index contributed by atoms with van der Waals surface area (Å²) in [6, 6.07) is 5.74. The van der Waals surface area contributed by atoms with Gasteiger partial charge in [-0.2, -0.15) is 5.10 Å². The first-order valence-corrected chi connectivity index (χ1v) is 7.07. The van der Waals surface area contributed by atoms with Crippen molar-refractivity contribution in [1.82, 2.24) is 15.1 Å². The van der Waals surface area contributed by atoms with E-state index in [0.29, 0.717) is 17.8 Å². The average molecular weight is 316 g/mol. The number of aromatic nitrogens is 2. The summed E-state index contributed by atoms with van der Waals surface area (Å²) in [4.78, 5) is 23.7. The Morgan fingerprint density at radius 2 is 2.00 bits per heavy atom. The Labute approximate surface area is 133 Å². The number of hydrogen-bond acceptors (Lipinski definition) is 3. The van der Waals surface area contributed by atoms with Crippen molar-refractivity contribution in [3.8, 4) is 0 Å². The second-order valence-corrected chi connectivity index (χ2v) is 4.70. The normalized spacial score (nSPS) is 10.7. The monoisotopic (exact) mass is 316 g/mol. The van der Waals surface area contributed by atoms with Crippen molar-refractivity contribution in [3.05, 3.63) is 53.6 Å². The number of nitrogens with one attached hydrogen (secondary N) is 2. The number of amides is 2. The number of rotatable bonds is 5. The Kier molecular flexibility index (Phi) is 5.24. The SMILES string of the molecule is CCn1cc(NC(=O)/C=C/c2ccc(F)cc2)c(C(=O)NC)n1. The molecule has 0 radical (unpaired) electrons. The van der Waals surface area contributed by atoms with Crippen LogP contribution < -0.4 is 10.6 Å². The van der Waals surface area contributed by atoms with Crippen LogP contribution >= 0.6 is 0 Å². The minimum absolute atomic E-state index is 0.151. The van der Waals surface area contributed by atoms with Crippen molar-refractivity contribution in [2.24, 2.45) is 0 Å². The molecule has 7 heteroatoms. The molecule has 2 rings (SSSR count). The molecule has 1 heterocycles. The summed E-state index contributed by atoms with van der Waals surface area (Å²) < 4.78 is 14.4. The first kappa shape index (κ1) is 16.4. The fourth-order valence-electron chi connectivity index (χ4n) is 1.88. The summed E-state index contributed by atoms with van der Waals surface area (Å²) in [6.07, 6.45) is 4.46. The molecule has 6 nitrogen and oxygen atoms in total. The van der Waals surface area contributed by atoms with Crippen LogP contribution in [0.1, 0.15) is 23.0 Å². The van der Waals surface area contributed by atoms with Crippen LogP contribution in [-0.4, -0.2) is 28.6 Å². The Balaban J connectivity index is 2.12. The second-order valence-electron chi connectivity index (χ2n) is 4.70. The second kappa shape index (κ2) is 7.35. The Bertz CT molecular complexity index is 735. The van der Waals surface area contributed by atoms with Gasteiger partial charge in [-0.05, 0) is 30.7 Å². The van der Waals surface area contributed by atoms with Gasteiger partial charge in [-0.3, -0.25) is 14.3 Å². The molecule has 2 amide bonds. The van der Waals surface area contributed by atoms with E-state index in [0.717, 1.165) is 0 Å². The molecule has 0 bridgehead atoms. The van der Waals surface area contributed by atoms with Gasteiger partial charge in [-0.15, -0.1) is 0 Å². The first-order chi connectivity index (χ1) is 11.0. The van der Waals surface area contributed by atoms with Gasteiger partial charge in [0.25, 0.3) is 5.91 Å². The summed E-state index contributed by atoms with van der Waals surface area (Å²) in [7, 11) is 1.49. The molecule has 1 aromatic carbocycles. The molecule has 23 heavy (non-hydrogen) atoms. The van der Waals surface area contributed by atoms with Crippen molar-refractivity contribution in [2.75, 3.05) is 12.4 Å². The highest BCUT2D eigenvalue weighted by Crippen LogP contribution is 2.14. The average Bonchev–Trinajstić information content (AvgIpc) is 2.96. The molecular formula is C16H17FN4O2. The molecule has 0 aliphatic carbocycles. The molecule has 2 N–H and O–H groups in total. The van der Waals surface area contributed by atoms with E-state index in [2.05, 4.69) is 15.7 Å². The van der Waals surface area contributed by atoms with E-state index in [1.807, 2.05) is 6.92 Å². The smallest absolute Gasteiger partial charge is 0.273 e. The highest BCUT2D eigenvalue weighted by Gasteiger charge is 2.16. The summed E-state index contributed by atoms with van der Waals surface area (Å²) in [6.45, 7) is 2.45. The maximum atomic E-state index is 12.8. The predicted molar refractivity (Wildman–Crippen MR) is 85.4 cm³/mol. The Morgan fingerprint density at radius 3 is 2.61 bits per heavy atom. The number of hydrogen-bond donors (Lipinski definition) is 2. The van der Waals surface area contributed by atoms with Crippen LogP contribution in [0.25, 0.3) is 6.08 Å². The quantitative estimate of drug-likeness (QED) is 0.829. The number of nitrogens with zero attached hydrogens (tertiary/aromatic N) is 2. The molecule has 0 saturated carbocycles. The van der Waals surface area contributed by atoms with E-state index < -0.39 is 5.91 Å². The number of anilines is 1. The van der Waals surface area contributed by atoms with Crippen molar-refractivity contribution in [1.29, 1.82) is 0 Å². The van der Waals surface area contributed by atoms with Gasteiger partial charge in [-0.25, -0.2) is 4.39 Å². The zero-order valence-electron chi connectivity index (χ0n) is 12.8. The van der Waals surface area contributed by atoms with E-state index in [1.54, 1.807) is 29.1 Å². The molecule has 0 atom stereocenters. The van der Waals surface area contributed by atoms with Gasteiger partial charge in [0.2, 0.25) is 5.91 Å². The standard InChI is InChI=1S/C16H17FN4O2/c1-3-21-10-13(15(20-21)16(23)18-2)19-14(22)9-6-11-4-7-12(17)8-5-11/h4-10H,3H2,1-2H3,(H,18,23)(H,19,22)/b9-6+. The molecule has 120 valence electrons. The van der Waals surface area contributed by atoms with Gasteiger partial charge in [-0.1, -0.05) is 12.1 Å². The molecule has 0 spiro atoms. The number of carbonyl (C=O) groups excluding carboxylic acids is 2. The van der Waals surface area contributed by atoms with Crippen LogP contribution in [0.3, 0.4) is 0 Å². The zero-order chi connectivity index (χ0) is 16.8. The van der Waals surface area contributed by atoms with Crippen molar-refractivity contribution < 1.29 is 14.0 Å². The minimum atomic E-state index is -0.407. The molecule has 0 aliphatic rings. The van der Waals surface area contributed by atoms with E-state index in [1.165, 1.54) is 25.3 Å². The predicted octanol–water partition coefficient (Wildman–Crippen LogP) is 2.05. The fourth-order valence-corrected chi connectivity index (χ4v) is 1.88. The number of halogens is 1. The molecular weight excluding hydrogens is 299 g/mol. The third-order valence-electron chi connectivity index (χ3n) is 3.08. The van der Waals surface area contributed by atoms with Crippen LogP contribution in [0, 0.1) is 5.82 Å². The van der Waals surface area contributed by atoms with Crippen molar-refractivity contribution >= 4 is 23.6 Å². The summed E-state index contributed by atoms with van der Waals surface area (Å²) in [5.41, 5.74) is 1.18. The third-order valence-corrected chi connectivity index (χ3v) is 3.08. The fraction of sp³-hybridized carbons (Fsp3) is 0.188. The van der Waals surface area contributed by atoms with E-state index in [4.69, 9.17) is 0 Å². The molecule has 2 aromatic rings. The van der Waals surface area contributed by atoms with Crippen LogP contribution in [0.2, 0.25) is 0 Å². The Morgan fingerprint density at radius 1 is 1.30 bits per heavy atom. The lowest BCUT2D eigenvalue weighted by Gasteiger charge is -2.01. The van der Waals surface area contributed by atoms with Crippen LogP contribution in [-0.2, 0) is 11.3 Å². The highest BCUT2D eigenvalue weighted by atomic mass is 19.1. The maximum Gasteiger partial charge on any atom is 0.273 e. The molecule has 0 unspecified atom stereocenters. The van der Waals surface area contributed by atoms with Gasteiger partial charge in [0.05, 0.1) is 5.69 Å². The van der Waals surface area contributed by atoms with Gasteiger partial charge in [0.1, 0.15) is 5.82 Å². The highest BCUT2D eigenvalue weighted by molar-refractivity contribution is 6.06. The topological polar surface area (TPSA) is 76.0 Å². The summed E-state index contributed by atoms with van der Waals surface area (Å²) in [5, 5.41) is 9.20. The molecule has 0 saturated heterocycles. The Hall–Kier alpha value is -2.96. The van der Waals surface area contributed by atoms with E-state index >= 15 is 0 Å². The number of benzene rings is 1. The summed E-state index contributed by atoms with van der Waals surface area (Å²) in [5.74, 6) is -1.13. The lowest BCUT2D eigenvalue weighted by atomic mass is 10.2. The first-order valence-electron chi connectivity index (χ1n) is 7.07. The van der Waals surface area contributed by atoms with Gasteiger partial charge < -0.3 is 10.6 Å². The van der Waals surface area contributed by atoms with Crippen molar-refractivity contribution in [3.63, 3.8) is 0 Å². The maximum absolute atomic E-state index is 12.8. The van der Waals surface area contributed by atoms with E-state index in [-0.39, 0.29) is 17.4 Å². The molecule has 1 aromatic heterocycles. The lowest BCUT2D eigenvalue weighted by molar-refractivity contribution is -0.111. The van der Waals surface area contributed by atoms with E-state index in [9.17, 15) is 14.0 Å². The number of carbonyl (C=O) groups is 2. The van der Waals surface area contributed by atoms with Crippen LogP contribution in [0.15, 0.2) is 36.5 Å². The van der Waals surface area contributed by atoms with Crippen LogP contribution in [0.4, 0.5) is 10.1 Å². The zero-order valence-corrected chi connectivity index (χ0v) is 12.8. The minimum Gasteiger partial charge on any atom is -0.354 e.